The van der Waals surface area contributed by atoms with E-state index in [1.54, 1.807) is 22.5 Å². The van der Waals surface area contributed by atoms with Crippen LogP contribution in [0.3, 0.4) is 0 Å². The minimum atomic E-state index is -3.41. The molecule has 1 aromatic carbocycles. The molecule has 3 unspecified atom stereocenters. The molecule has 2 aliphatic rings. The first-order chi connectivity index (χ1) is 9.88. The second-order valence-electron chi connectivity index (χ2n) is 5.94. The summed E-state index contributed by atoms with van der Waals surface area (Å²) in [6.07, 6.45) is 2.02. The van der Waals surface area contributed by atoms with Crippen molar-refractivity contribution in [2.45, 2.75) is 24.6 Å². The average molecular weight is 349 g/mol. The predicted octanol–water partition coefficient (Wildman–Crippen LogP) is 2.49. The van der Waals surface area contributed by atoms with Crippen LogP contribution in [0.1, 0.15) is 18.4 Å². The maximum Gasteiger partial charge on any atom is 0.218 e. The fraction of sp³-hybridized carbons (Fsp3) is 0.571. The van der Waals surface area contributed by atoms with E-state index < -0.39 is 10.0 Å². The van der Waals surface area contributed by atoms with Crippen LogP contribution >= 0.6 is 23.2 Å². The Balaban J connectivity index is 1.79. The van der Waals surface area contributed by atoms with Crippen molar-refractivity contribution in [1.29, 1.82) is 0 Å². The first kappa shape index (κ1) is 15.6. The van der Waals surface area contributed by atoms with Gasteiger partial charge in [0.1, 0.15) is 0 Å². The summed E-state index contributed by atoms with van der Waals surface area (Å²) in [5.74, 6) is 0.540. The maximum atomic E-state index is 12.6. The maximum absolute atomic E-state index is 12.6. The highest BCUT2D eigenvalue weighted by atomic mass is 35.5. The van der Waals surface area contributed by atoms with Crippen LogP contribution in [0.4, 0.5) is 0 Å². The van der Waals surface area contributed by atoms with Gasteiger partial charge in [-0.2, -0.15) is 0 Å². The zero-order valence-corrected chi connectivity index (χ0v) is 13.8. The molecule has 21 heavy (non-hydrogen) atoms. The van der Waals surface area contributed by atoms with E-state index in [1.807, 2.05) is 0 Å². The highest BCUT2D eigenvalue weighted by Gasteiger charge is 2.44. The molecule has 0 bridgehead atoms. The van der Waals surface area contributed by atoms with E-state index in [9.17, 15) is 8.42 Å². The number of halogens is 2. The quantitative estimate of drug-likeness (QED) is 0.912. The van der Waals surface area contributed by atoms with Crippen LogP contribution in [0.2, 0.25) is 10.0 Å². The number of fused-ring (bicyclic) bond motifs is 1. The number of rotatable bonds is 3. The van der Waals surface area contributed by atoms with Gasteiger partial charge in [-0.1, -0.05) is 29.3 Å². The monoisotopic (exact) mass is 348 g/mol. The average Bonchev–Trinajstić information content (AvgIpc) is 2.98. The Bertz CT molecular complexity index is 630. The van der Waals surface area contributed by atoms with Crippen LogP contribution in [0.15, 0.2) is 18.2 Å². The normalized spacial score (nSPS) is 29.8. The van der Waals surface area contributed by atoms with Crippen LogP contribution in [0.5, 0.6) is 0 Å². The lowest BCUT2D eigenvalue weighted by molar-refractivity contribution is 0.426. The van der Waals surface area contributed by atoms with Gasteiger partial charge in [0, 0.05) is 34.7 Å². The molecule has 0 radical (unpaired) electrons. The van der Waals surface area contributed by atoms with Crippen LogP contribution in [0, 0.1) is 11.8 Å². The lowest BCUT2D eigenvalue weighted by Gasteiger charge is -2.19. The van der Waals surface area contributed by atoms with Crippen LogP contribution in [-0.2, 0) is 15.8 Å². The van der Waals surface area contributed by atoms with E-state index in [4.69, 9.17) is 28.9 Å². The minimum Gasteiger partial charge on any atom is -0.327 e. The molecule has 0 spiro atoms. The predicted molar refractivity (Wildman–Crippen MR) is 84.8 cm³/mol. The zero-order chi connectivity index (χ0) is 15.2. The summed E-state index contributed by atoms with van der Waals surface area (Å²) in [5, 5.41) is 0.782. The Hall–Kier alpha value is -0.330. The Morgan fingerprint density at radius 3 is 2.48 bits per heavy atom. The third-order valence-corrected chi connectivity index (χ3v) is 7.11. The van der Waals surface area contributed by atoms with Crippen molar-refractivity contribution >= 4 is 33.2 Å². The Morgan fingerprint density at radius 1 is 1.19 bits per heavy atom. The van der Waals surface area contributed by atoms with Crippen molar-refractivity contribution in [3.63, 3.8) is 0 Å². The van der Waals surface area contributed by atoms with E-state index in [0.717, 1.165) is 12.8 Å². The summed E-state index contributed by atoms with van der Waals surface area (Å²) in [7, 11) is -3.41. The van der Waals surface area contributed by atoms with Gasteiger partial charge in [-0.15, -0.1) is 0 Å². The fourth-order valence-electron chi connectivity index (χ4n) is 3.44. The van der Waals surface area contributed by atoms with Crippen molar-refractivity contribution in [2.75, 3.05) is 13.1 Å². The molecule has 1 saturated heterocycles. The number of nitrogens with two attached hydrogens (primary N) is 1. The molecule has 1 aliphatic carbocycles. The molecule has 1 aliphatic heterocycles. The molecular weight excluding hydrogens is 331 g/mol. The fourth-order valence-corrected chi connectivity index (χ4v) is 5.80. The van der Waals surface area contributed by atoms with E-state index in [2.05, 4.69) is 0 Å². The lowest BCUT2D eigenvalue weighted by Crippen LogP contribution is -2.34. The third kappa shape index (κ3) is 2.94. The van der Waals surface area contributed by atoms with Crippen molar-refractivity contribution in [3.8, 4) is 0 Å². The van der Waals surface area contributed by atoms with Gasteiger partial charge in [0.2, 0.25) is 10.0 Å². The van der Waals surface area contributed by atoms with Crippen LogP contribution in [0.25, 0.3) is 0 Å². The van der Waals surface area contributed by atoms with E-state index in [1.165, 1.54) is 0 Å². The Labute approximate surface area is 135 Å². The van der Waals surface area contributed by atoms with E-state index in [-0.39, 0.29) is 11.8 Å². The molecule has 3 atom stereocenters. The lowest BCUT2D eigenvalue weighted by atomic mass is 9.98. The van der Waals surface area contributed by atoms with Gasteiger partial charge < -0.3 is 5.73 Å². The molecular formula is C14H18Cl2N2O2S. The van der Waals surface area contributed by atoms with Gasteiger partial charge in [0.05, 0.1) is 5.75 Å². The summed E-state index contributed by atoms with van der Waals surface area (Å²) in [6.45, 7) is 1.10. The second kappa shape index (κ2) is 5.70. The molecule has 2 N–H and O–H groups in total. The first-order valence-electron chi connectivity index (χ1n) is 7.05. The molecule has 1 saturated carbocycles. The van der Waals surface area contributed by atoms with Crippen molar-refractivity contribution in [1.82, 2.24) is 4.31 Å². The molecule has 2 fully saturated rings. The van der Waals surface area contributed by atoms with Crippen LogP contribution < -0.4 is 5.73 Å². The summed E-state index contributed by atoms with van der Waals surface area (Å²) in [4.78, 5) is 0. The molecule has 116 valence electrons. The van der Waals surface area contributed by atoms with Crippen molar-refractivity contribution < 1.29 is 8.42 Å². The first-order valence-corrected chi connectivity index (χ1v) is 9.41. The largest absolute Gasteiger partial charge is 0.327 e. The van der Waals surface area contributed by atoms with Gasteiger partial charge in [-0.25, -0.2) is 12.7 Å². The molecule has 7 heteroatoms. The molecule has 0 amide bonds. The number of nitrogens with zero attached hydrogens (tertiary/aromatic N) is 1. The van der Waals surface area contributed by atoms with Gasteiger partial charge in [0.15, 0.2) is 0 Å². The molecule has 0 aromatic heterocycles. The number of hydrogen-bond acceptors (Lipinski definition) is 3. The standard InChI is InChI=1S/C14H18Cl2N2O2S/c15-12-2-1-3-13(16)11(12)8-21(19,20)18-6-9-4-5-14(17)10(9)7-18/h1-3,9-10,14H,4-8,17H2. The molecule has 1 heterocycles. The van der Waals surface area contributed by atoms with Crippen LogP contribution in [-0.4, -0.2) is 31.9 Å². The number of hydrogen-bond donors (Lipinski definition) is 1. The summed E-state index contributed by atoms with van der Waals surface area (Å²) < 4.78 is 26.8. The zero-order valence-electron chi connectivity index (χ0n) is 11.5. The minimum absolute atomic E-state index is 0.124. The highest BCUT2D eigenvalue weighted by molar-refractivity contribution is 7.88. The van der Waals surface area contributed by atoms with Crippen molar-refractivity contribution in [3.05, 3.63) is 33.8 Å². The SMILES string of the molecule is NC1CCC2CN(S(=O)(=O)Cc3c(Cl)cccc3Cl)CC12. The van der Waals surface area contributed by atoms with Gasteiger partial charge in [-0.05, 0) is 36.8 Å². The number of sulfonamides is 1. The summed E-state index contributed by atoms with van der Waals surface area (Å²) in [5.41, 5.74) is 6.54. The van der Waals surface area contributed by atoms with E-state index in [0.29, 0.717) is 40.5 Å². The van der Waals surface area contributed by atoms with Gasteiger partial charge in [0.25, 0.3) is 0 Å². The second-order valence-corrected chi connectivity index (χ2v) is 8.72. The Morgan fingerprint density at radius 2 is 1.86 bits per heavy atom. The summed E-state index contributed by atoms with van der Waals surface area (Å²) in [6, 6.07) is 5.15. The third-order valence-electron chi connectivity index (χ3n) is 4.66. The molecule has 4 nitrogen and oxygen atoms in total. The van der Waals surface area contributed by atoms with E-state index >= 15 is 0 Å². The Kier molecular flexibility index (Phi) is 4.23. The molecule has 3 rings (SSSR count). The number of benzene rings is 1. The smallest absolute Gasteiger partial charge is 0.218 e. The topological polar surface area (TPSA) is 63.4 Å². The molecule has 1 aromatic rings. The highest BCUT2D eigenvalue weighted by Crippen LogP contribution is 2.39. The summed E-state index contributed by atoms with van der Waals surface area (Å²) >= 11 is 12.1. The van der Waals surface area contributed by atoms with Gasteiger partial charge >= 0.3 is 0 Å². The van der Waals surface area contributed by atoms with Gasteiger partial charge in [-0.3, -0.25) is 0 Å². The van der Waals surface area contributed by atoms with Crippen molar-refractivity contribution in [2.24, 2.45) is 17.6 Å².